The van der Waals surface area contributed by atoms with E-state index in [1.54, 1.807) is 0 Å². The molecule has 0 spiro atoms. The molecule has 5 aromatic rings. The summed E-state index contributed by atoms with van der Waals surface area (Å²) in [6, 6.07) is 39.9. The molecule has 0 fully saturated rings. The third-order valence-corrected chi connectivity index (χ3v) is 7.19. The van der Waals surface area contributed by atoms with Gasteiger partial charge in [-0.05, 0) is 23.1 Å². The lowest BCUT2D eigenvalue weighted by atomic mass is 10.1. The Balaban J connectivity index is 1.62. The van der Waals surface area contributed by atoms with Gasteiger partial charge in [-0.2, -0.15) is 0 Å². The van der Waals surface area contributed by atoms with Crippen molar-refractivity contribution in [3.63, 3.8) is 0 Å². The van der Waals surface area contributed by atoms with E-state index >= 15 is 0 Å². The SMILES string of the molecule is CCCCn1c(-c2ccccc2)nc(-c2ccccc2)c1CN(Cc1ccccc1)Cc1ccccc1CO. The van der Waals surface area contributed by atoms with Crippen LogP contribution in [0.5, 0.6) is 0 Å². The number of imidazole rings is 1. The third-order valence-electron chi connectivity index (χ3n) is 7.19. The highest BCUT2D eigenvalue weighted by Gasteiger charge is 2.22. The summed E-state index contributed by atoms with van der Waals surface area (Å²) in [7, 11) is 0. The van der Waals surface area contributed by atoms with Crippen LogP contribution >= 0.6 is 0 Å². The van der Waals surface area contributed by atoms with E-state index in [1.807, 2.05) is 12.1 Å². The lowest BCUT2D eigenvalue weighted by Crippen LogP contribution is -2.25. The van der Waals surface area contributed by atoms with E-state index in [-0.39, 0.29) is 6.61 Å². The van der Waals surface area contributed by atoms with E-state index in [1.165, 1.54) is 11.3 Å². The van der Waals surface area contributed by atoms with Crippen LogP contribution < -0.4 is 0 Å². The Morgan fingerprint density at radius 1 is 0.667 bits per heavy atom. The summed E-state index contributed by atoms with van der Waals surface area (Å²) in [6.07, 6.45) is 2.20. The van der Waals surface area contributed by atoms with Crippen LogP contribution in [0.1, 0.15) is 42.1 Å². The number of nitrogens with zero attached hydrogens (tertiary/aromatic N) is 3. The zero-order chi connectivity index (χ0) is 26.9. The van der Waals surface area contributed by atoms with E-state index in [0.29, 0.717) is 0 Å². The Labute approximate surface area is 232 Å². The normalized spacial score (nSPS) is 11.3. The summed E-state index contributed by atoms with van der Waals surface area (Å²) in [5.41, 5.74) is 7.93. The molecule has 0 aliphatic carbocycles. The molecule has 1 heterocycles. The van der Waals surface area contributed by atoms with Crippen molar-refractivity contribution in [1.29, 1.82) is 0 Å². The first-order valence-electron chi connectivity index (χ1n) is 13.9. The molecule has 0 aliphatic rings. The van der Waals surface area contributed by atoms with Crippen LogP contribution in [0.4, 0.5) is 0 Å². The van der Waals surface area contributed by atoms with Crippen molar-refractivity contribution in [3.05, 3.63) is 138 Å². The number of rotatable bonds is 12. The Hall–Kier alpha value is -3.99. The first-order valence-corrected chi connectivity index (χ1v) is 13.9. The first kappa shape index (κ1) is 26.6. The zero-order valence-corrected chi connectivity index (χ0v) is 22.7. The second kappa shape index (κ2) is 13.2. The van der Waals surface area contributed by atoms with Gasteiger partial charge in [-0.15, -0.1) is 0 Å². The van der Waals surface area contributed by atoms with Crippen molar-refractivity contribution in [3.8, 4) is 22.6 Å². The molecule has 0 unspecified atom stereocenters. The summed E-state index contributed by atoms with van der Waals surface area (Å²) < 4.78 is 2.44. The summed E-state index contributed by atoms with van der Waals surface area (Å²) in [4.78, 5) is 7.78. The molecular weight excluding hydrogens is 478 g/mol. The summed E-state index contributed by atoms with van der Waals surface area (Å²) in [6.45, 7) is 5.47. The van der Waals surface area contributed by atoms with Crippen LogP contribution in [-0.4, -0.2) is 19.6 Å². The molecule has 1 aromatic heterocycles. The molecule has 0 saturated heterocycles. The molecule has 0 saturated carbocycles. The molecule has 0 bridgehead atoms. The van der Waals surface area contributed by atoms with Gasteiger partial charge in [0, 0.05) is 37.3 Å². The maximum atomic E-state index is 10.0. The smallest absolute Gasteiger partial charge is 0.140 e. The standard InChI is InChI=1S/C35H37N3O/c1-2-3-23-38-33(34(29-17-9-5-10-18-29)36-35(38)30-19-11-6-12-20-30)26-37(24-28-15-7-4-8-16-28)25-31-21-13-14-22-32(31)27-39/h4-22,39H,2-3,23-27H2,1H3. The van der Waals surface area contributed by atoms with Crippen molar-refractivity contribution in [2.24, 2.45) is 0 Å². The quantitative estimate of drug-likeness (QED) is 0.185. The number of benzene rings is 4. The van der Waals surface area contributed by atoms with Crippen molar-refractivity contribution < 1.29 is 5.11 Å². The molecule has 0 aliphatic heterocycles. The molecule has 4 aromatic carbocycles. The van der Waals surface area contributed by atoms with Gasteiger partial charge in [0.25, 0.3) is 0 Å². The molecule has 0 amide bonds. The van der Waals surface area contributed by atoms with Gasteiger partial charge in [0.15, 0.2) is 0 Å². The van der Waals surface area contributed by atoms with E-state index in [0.717, 1.165) is 72.8 Å². The van der Waals surface area contributed by atoms with Gasteiger partial charge in [-0.25, -0.2) is 4.98 Å². The van der Waals surface area contributed by atoms with Crippen molar-refractivity contribution >= 4 is 0 Å². The highest BCUT2D eigenvalue weighted by atomic mass is 16.3. The van der Waals surface area contributed by atoms with Gasteiger partial charge in [0.1, 0.15) is 5.82 Å². The minimum absolute atomic E-state index is 0.0389. The number of aliphatic hydroxyl groups excluding tert-OH is 1. The minimum Gasteiger partial charge on any atom is -0.392 e. The maximum Gasteiger partial charge on any atom is 0.140 e. The second-order valence-electron chi connectivity index (χ2n) is 10.0. The van der Waals surface area contributed by atoms with Crippen LogP contribution in [0, 0.1) is 0 Å². The first-order chi connectivity index (χ1) is 19.3. The monoisotopic (exact) mass is 515 g/mol. The summed E-state index contributed by atoms with van der Waals surface area (Å²) in [5, 5.41) is 10.0. The Kier molecular flexibility index (Phi) is 9.00. The minimum atomic E-state index is 0.0389. The molecule has 5 rings (SSSR count). The third kappa shape index (κ3) is 6.54. The van der Waals surface area contributed by atoms with Gasteiger partial charge in [0.05, 0.1) is 18.0 Å². The van der Waals surface area contributed by atoms with Crippen LogP contribution in [0.3, 0.4) is 0 Å². The topological polar surface area (TPSA) is 41.3 Å². The Morgan fingerprint density at radius 3 is 1.90 bits per heavy atom. The zero-order valence-electron chi connectivity index (χ0n) is 22.7. The molecule has 4 heteroatoms. The highest BCUT2D eigenvalue weighted by Crippen LogP contribution is 2.32. The summed E-state index contributed by atoms with van der Waals surface area (Å²) >= 11 is 0. The number of unbranched alkanes of at least 4 members (excludes halogenated alkanes) is 1. The van der Waals surface area contributed by atoms with E-state index in [9.17, 15) is 5.11 Å². The average Bonchev–Trinajstić information content (AvgIpc) is 3.35. The lowest BCUT2D eigenvalue weighted by Gasteiger charge is -2.25. The highest BCUT2D eigenvalue weighted by molar-refractivity contribution is 5.68. The summed E-state index contributed by atoms with van der Waals surface area (Å²) in [5.74, 6) is 1.02. The van der Waals surface area contributed by atoms with Gasteiger partial charge in [0.2, 0.25) is 0 Å². The van der Waals surface area contributed by atoms with Gasteiger partial charge >= 0.3 is 0 Å². The fraction of sp³-hybridized carbons (Fsp3) is 0.229. The number of aliphatic hydroxyl groups is 1. The Morgan fingerprint density at radius 2 is 1.26 bits per heavy atom. The molecule has 0 atom stereocenters. The predicted octanol–water partition coefficient (Wildman–Crippen LogP) is 7.71. The maximum absolute atomic E-state index is 10.0. The second-order valence-corrected chi connectivity index (χ2v) is 10.0. The number of aromatic nitrogens is 2. The molecule has 39 heavy (non-hydrogen) atoms. The van der Waals surface area contributed by atoms with Crippen LogP contribution in [0.25, 0.3) is 22.6 Å². The van der Waals surface area contributed by atoms with Crippen molar-refractivity contribution in [2.45, 2.75) is 52.6 Å². The molecule has 198 valence electrons. The van der Waals surface area contributed by atoms with Gasteiger partial charge in [-0.1, -0.05) is 129 Å². The van der Waals surface area contributed by atoms with Crippen LogP contribution in [-0.2, 0) is 32.8 Å². The average molecular weight is 516 g/mol. The van der Waals surface area contributed by atoms with E-state index in [4.69, 9.17) is 4.98 Å². The fourth-order valence-electron chi connectivity index (χ4n) is 5.17. The molecule has 4 nitrogen and oxygen atoms in total. The molecular formula is C35H37N3O. The fourth-order valence-corrected chi connectivity index (χ4v) is 5.17. The Bertz CT molecular complexity index is 1450. The van der Waals surface area contributed by atoms with E-state index < -0.39 is 0 Å². The molecule has 0 radical (unpaired) electrons. The largest absolute Gasteiger partial charge is 0.392 e. The van der Waals surface area contributed by atoms with Gasteiger partial charge in [-0.3, -0.25) is 4.90 Å². The van der Waals surface area contributed by atoms with E-state index in [2.05, 4.69) is 120 Å². The lowest BCUT2D eigenvalue weighted by molar-refractivity contribution is 0.235. The van der Waals surface area contributed by atoms with Crippen LogP contribution in [0.2, 0.25) is 0 Å². The van der Waals surface area contributed by atoms with Crippen molar-refractivity contribution in [1.82, 2.24) is 14.5 Å². The van der Waals surface area contributed by atoms with Crippen molar-refractivity contribution in [2.75, 3.05) is 0 Å². The number of hydrogen-bond donors (Lipinski definition) is 1. The number of hydrogen-bond acceptors (Lipinski definition) is 3. The molecule has 1 N–H and O–H groups in total. The van der Waals surface area contributed by atoms with Gasteiger partial charge < -0.3 is 9.67 Å². The predicted molar refractivity (Wildman–Crippen MR) is 160 cm³/mol. The van der Waals surface area contributed by atoms with Crippen LogP contribution in [0.15, 0.2) is 115 Å².